The van der Waals surface area contributed by atoms with Crippen LogP contribution in [-0.4, -0.2) is 10.1 Å². The average molecular weight is 269 g/mol. The van der Waals surface area contributed by atoms with Crippen LogP contribution in [0.1, 0.15) is 5.69 Å². The lowest BCUT2D eigenvalue weighted by Gasteiger charge is -2.05. The molecule has 0 spiro atoms. The highest BCUT2D eigenvalue weighted by Crippen LogP contribution is 2.36. The van der Waals surface area contributed by atoms with Crippen molar-refractivity contribution in [3.63, 3.8) is 0 Å². The van der Waals surface area contributed by atoms with Crippen molar-refractivity contribution < 1.29 is 8.91 Å². The molecule has 0 aliphatic carbocycles. The molecular formula is C15H12FN3O. The SMILES string of the molecule is Cc1ncccc1-c1noc(N)c1-c1cccc(F)c1. The van der Waals surface area contributed by atoms with Gasteiger partial charge in [0, 0.05) is 17.5 Å². The van der Waals surface area contributed by atoms with Crippen molar-refractivity contribution in [2.75, 3.05) is 5.73 Å². The summed E-state index contributed by atoms with van der Waals surface area (Å²) < 4.78 is 18.5. The van der Waals surface area contributed by atoms with Crippen LogP contribution in [0, 0.1) is 12.7 Å². The molecule has 2 N–H and O–H groups in total. The number of halogens is 1. The van der Waals surface area contributed by atoms with Gasteiger partial charge >= 0.3 is 0 Å². The molecule has 0 atom stereocenters. The Kier molecular flexibility index (Phi) is 2.95. The van der Waals surface area contributed by atoms with E-state index in [0.29, 0.717) is 16.8 Å². The van der Waals surface area contributed by atoms with Gasteiger partial charge in [0.05, 0.1) is 5.56 Å². The number of nitrogens with zero attached hydrogens (tertiary/aromatic N) is 2. The molecule has 3 aromatic rings. The molecule has 3 rings (SSSR count). The summed E-state index contributed by atoms with van der Waals surface area (Å²) in [6.07, 6.45) is 1.70. The number of anilines is 1. The normalized spacial score (nSPS) is 10.7. The Bertz CT molecular complexity index is 767. The lowest BCUT2D eigenvalue weighted by atomic mass is 10.0. The number of rotatable bonds is 2. The number of benzene rings is 1. The van der Waals surface area contributed by atoms with Crippen LogP contribution in [0.4, 0.5) is 10.3 Å². The summed E-state index contributed by atoms with van der Waals surface area (Å²) in [6.45, 7) is 1.87. The molecule has 100 valence electrons. The molecule has 5 heteroatoms. The van der Waals surface area contributed by atoms with E-state index in [1.165, 1.54) is 12.1 Å². The van der Waals surface area contributed by atoms with E-state index in [1.807, 2.05) is 19.1 Å². The van der Waals surface area contributed by atoms with Gasteiger partial charge in [-0.3, -0.25) is 4.98 Å². The maximum atomic E-state index is 13.4. The van der Waals surface area contributed by atoms with Gasteiger partial charge in [-0.15, -0.1) is 0 Å². The Morgan fingerprint density at radius 1 is 1.20 bits per heavy atom. The minimum absolute atomic E-state index is 0.161. The van der Waals surface area contributed by atoms with E-state index in [9.17, 15) is 4.39 Å². The lowest BCUT2D eigenvalue weighted by Crippen LogP contribution is -1.91. The zero-order chi connectivity index (χ0) is 14.1. The molecule has 2 heterocycles. The van der Waals surface area contributed by atoms with Crippen molar-refractivity contribution in [3.8, 4) is 22.4 Å². The molecule has 1 aromatic carbocycles. The standard InChI is InChI=1S/C15H12FN3O/c1-9-12(6-3-7-18-9)14-13(15(17)20-19-14)10-4-2-5-11(16)8-10/h2-8H,17H2,1H3. The van der Waals surface area contributed by atoms with Gasteiger partial charge in [0.25, 0.3) is 0 Å². The van der Waals surface area contributed by atoms with Gasteiger partial charge < -0.3 is 10.3 Å². The maximum Gasteiger partial charge on any atom is 0.230 e. The van der Waals surface area contributed by atoms with Gasteiger partial charge in [-0.1, -0.05) is 17.3 Å². The second-order valence-electron chi connectivity index (χ2n) is 4.42. The number of nitrogen functional groups attached to an aromatic ring is 1. The van der Waals surface area contributed by atoms with Crippen molar-refractivity contribution in [2.45, 2.75) is 6.92 Å². The number of nitrogens with two attached hydrogens (primary N) is 1. The molecule has 0 fully saturated rings. The van der Waals surface area contributed by atoms with Crippen LogP contribution < -0.4 is 5.73 Å². The largest absolute Gasteiger partial charge is 0.367 e. The van der Waals surface area contributed by atoms with Crippen LogP contribution in [0.5, 0.6) is 0 Å². The van der Waals surface area contributed by atoms with Gasteiger partial charge in [0.15, 0.2) is 0 Å². The number of hydrogen-bond acceptors (Lipinski definition) is 4. The van der Waals surface area contributed by atoms with Crippen LogP contribution in [-0.2, 0) is 0 Å². The molecule has 0 aliphatic heterocycles. The van der Waals surface area contributed by atoms with Crippen molar-refractivity contribution in [1.29, 1.82) is 0 Å². The smallest absolute Gasteiger partial charge is 0.230 e. The van der Waals surface area contributed by atoms with Gasteiger partial charge in [-0.25, -0.2) is 4.39 Å². The van der Waals surface area contributed by atoms with E-state index < -0.39 is 0 Å². The third-order valence-electron chi connectivity index (χ3n) is 3.09. The Balaban J connectivity index is 2.23. The summed E-state index contributed by atoms with van der Waals surface area (Å²) in [7, 11) is 0. The fraction of sp³-hybridized carbons (Fsp3) is 0.0667. The highest BCUT2D eigenvalue weighted by atomic mass is 19.1. The van der Waals surface area contributed by atoms with Crippen LogP contribution in [0.25, 0.3) is 22.4 Å². The first kappa shape index (κ1) is 12.3. The third-order valence-corrected chi connectivity index (χ3v) is 3.09. The van der Waals surface area contributed by atoms with E-state index in [-0.39, 0.29) is 11.7 Å². The van der Waals surface area contributed by atoms with Crippen LogP contribution in [0.3, 0.4) is 0 Å². The van der Waals surface area contributed by atoms with Crippen molar-refractivity contribution in [2.24, 2.45) is 0 Å². The molecular weight excluding hydrogens is 257 g/mol. The number of hydrogen-bond donors (Lipinski definition) is 1. The fourth-order valence-electron chi connectivity index (χ4n) is 2.14. The molecule has 0 radical (unpaired) electrons. The second-order valence-corrected chi connectivity index (χ2v) is 4.42. The van der Waals surface area contributed by atoms with Gasteiger partial charge in [0.1, 0.15) is 11.5 Å². The Morgan fingerprint density at radius 2 is 2.05 bits per heavy atom. The van der Waals surface area contributed by atoms with Crippen LogP contribution in [0.2, 0.25) is 0 Å². The first-order valence-electron chi connectivity index (χ1n) is 6.10. The van der Waals surface area contributed by atoms with Crippen LogP contribution >= 0.6 is 0 Å². The molecule has 0 bridgehead atoms. The fourth-order valence-corrected chi connectivity index (χ4v) is 2.14. The molecule has 0 unspecified atom stereocenters. The first-order valence-corrected chi connectivity index (χ1v) is 6.10. The van der Waals surface area contributed by atoms with Gasteiger partial charge in [0.2, 0.25) is 5.88 Å². The van der Waals surface area contributed by atoms with Crippen LogP contribution in [0.15, 0.2) is 47.1 Å². The van der Waals surface area contributed by atoms with Crippen molar-refractivity contribution >= 4 is 5.88 Å². The summed E-state index contributed by atoms with van der Waals surface area (Å²) in [6, 6.07) is 9.85. The minimum Gasteiger partial charge on any atom is -0.367 e. The van der Waals surface area contributed by atoms with Gasteiger partial charge in [-0.05, 0) is 36.8 Å². The highest BCUT2D eigenvalue weighted by molar-refractivity contribution is 5.87. The molecule has 2 aromatic heterocycles. The second kappa shape index (κ2) is 4.77. The maximum absolute atomic E-state index is 13.4. The lowest BCUT2D eigenvalue weighted by molar-refractivity contribution is 0.439. The molecule has 0 amide bonds. The van der Waals surface area contributed by atoms with E-state index >= 15 is 0 Å². The number of aromatic nitrogens is 2. The highest BCUT2D eigenvalue weighted by Gasteiger charge is 2.19. The Hall–Kier alpha value is -2.69. The van der Waals surface area contributed by atoms with E-state index in [4.69, 9.17) is 10.3 Å². The minimum atomic E-state index is -0.336. The van der Waals surface area contributed by atoms with Crippen molar-refractivity contribution in [1.82, 2.24) is 10.1 Å². The van der Waals surface area contributed by atoms with E-state index in [0.717, 1.165) is 11.3 Å². The Labute approximate surface area is 115 Å². The summed E-state index contributed by atoms with van der Waals surface area (Å²) in [4.78, 5) is 4.22. The number of aryl methyl sites for hydroxylation is 1. The zero-order valence-corrected chi connectivity index (χ0v) is 10.8. The summed E-state index contributed by atoms with van der Waals surface area (Å²) in [5.41, 5.74) is 9.23. The molecule has 4 nitrogen and oxygen atoms in total. The predicted molar refractivity (Wildman–Crippen MR) is 74.3 cm³/mol. The monoisotopic (exact) mass is 269 g/mol. The zero-order valence-electron chi connectivity index (χ0n) is 10.8. The molecule has 0 saturated heterocycles. The summed E-state index contributed by atoms with van der Waals surface area (Å²) in [5.74, 6) is -0.175. The number of pyridine rings is 1. The van der Waals surface area contributed by atoms with E-state index in [2.05, 4.69) is 10.1 Å². The average Bonchev–Trinajstić information content (AvgIpc) is 2.81. The van der Waals surface area contributed by atoms with Gasteiger partial charge in [-0.2, -0.15) is 0 Å². The van der Waals surface area contributed by atoms with E-state index in [1.54, 1.807) is 18.3 Å². The Morgan fingerprint density at radius 3 is 2.80 bits per heavy atom. The molecule has 20 heavy (non-hydrogen) atoms. The predicted octanol–water partition coefficient (Wildman–Crippen LogP) is 3.43. The molecule has 0 aliphatic rings. The summed E-state index contributed by atoms with van der Waals surface area (Å²) in [5, 5.41) is 3.99. The summed E-state index contributed by atoms with van der Waals surface area (Å²) >= 11 is 0. The quantitative estimate of drug-likeness (QED) is 0.774. The van der Waals surface area contributed by atoms with Crippen molar-refractivity contribution in [3.05, 3.63) is 54.1 Å². The topological polar surface area (TPSA) is 64.9 Å². The third kappa shape index (κ3) is 2.03. The molecule has 0 saturated carbocycles. The first-order chi connectivity index (χ1) is 9.66.